The summed E-state index contributed by atoms with van der Waals surface area (Å²) in [6, 6.07) is 9.13. The summed E-state index contributed by atoms with van der Waals surface area (Å²) in [5.41, 5.74) is 0.834. The van der Waals surface area contributed by atoms with Gasteiger partial charge in [-0.05, 0) is 12.0 Å². The molecule has 6 heteroatoms. The number of ether oxygens (including phenoxy) is 1. The largest absolute Gasteiger partial charge is 0.445 e. The van der Waals surface area contributed by atoms with Crippen molar-refractivity contribution in [3.8, 4) is 0 Å². The first-order valence-corrected chi connectivity index (χ1v) is 6.50. The van der Waals surface area contributed by atoms with Crippen LogP contribution in [0.1, 0.15) is 18.4 Å². The Kier molecular flexibility index (Phi) is 4.54. The zero-order valence-electron chi connectivity index (χ0n) is 11.0. The van der Waals surface area contributed by atoms with E-state index >= 15 is 0 Å². The van der Waals surface area contributed by atoms with Crippen LogP contribution >= 0.6 is 0 Å². The van der Waals surface area contributed by atoms with Gasteiger partial charge in [0, 0.05) is 19.5 Å². The van der Waals surface area contributed by atoms with Gasteiger partial charge in [0.15, 0.2) is 0 Å². The molecule has 1 heterocycles. The predicted molar refractivity (Wildman–Crippen MR) is 68.4 cm³/mol. The molecule has 1 aromatic carbocycles. The summed E-state index contributed by atoms with van der Waals surface area (Å²) in [6.07, 6.45) is -3.02. The second-order valence-electron chi connectivity index (χ2n) is 4.84. The fourth-order valence-electron chi connectivity index (χ4n) is 2.04. The fraction of sp³-hybridized carbons (Fsp3) is 0.500. The highest BCUT2D eigenvalue weighted by Crippen LogP contribution is 2.28. The SMILES string of the molecule is O=C(OCc1ccccc1)N1CCC(O)C(F)(F)CC1. The molecule has 1 saturated heterocycles. The van der Waals surface area contributed by atoms with Gasteiger partial charge in [0.2, 0.25) is 0 Å². The van der Waals surface area contributed by atoms with Gasteiger partial charge in [-0.2, -0.15) is 0 Å². The van der Waals surface area contributed by atoms with Crippen LogP contribution in [-0.2, 0) is 11.3 Å². The number of aliphatic hydroxyl groups is 1. The molecule has 0 aromatic heterocycles. The quantitative estimate of drug-likeness (QED) is 0.908. The zero-order valence-corrected chi connectivity index (χ0v) is 11.0. The van der Waals surface area contributed by atoms with E-state index in [2.05, 4.69) is 0 Å². The number of amides is 1. The Morgan fingerprint density at radius 3 is 2.75 bits per heavy atom. The van der Waals surface area contributed by atoms with Crippen molar-refractivity contribution in [1.82, 2.24) is 4.90 Å². The lowest BCUT2D eigenvalue weighted by molar-refractivity contribution is -0.108. The number of hydrogen-bond acceptors (Lipinski definition) is 3. The summed E-state index contributed by atoms with van der Waals surface area (Å²) < 4.78 is 31.7. The molecule has 2 rings (SSSR count). The summed E-state index contributed by atoms with van der Waals surface area (Å²) in [5, 5.41) is 9.30. The Morgan fingerprint density at radius 1 is 1.35 bits per heavy atom. The third-order valence-electron chi connectivity index (χ3n) is 3.34. The van der Waals surface area contributed by atoms with Crippen molar-refractivity contribution in [3.05, 3.63) is 35.9 Å². The second kappa shape index (κ2) is 6.17. The van der Waals surface area contributed by atoms with Crippen molar-refractivity contribution in [2.24, 2.45) is 0 Å². The Hall–Kier alpha value is -1.69. The molecule has 0 saturated carbocycles. The van der Waals surface area contributed by atoms with Gasteiger partial charge in [-0.15, -0.1) is 0 Å². The molecular weight excluding hydrogens is 268 g/mol. The van der Waals surface area contributed by atoms with Crippen molar-refractivity contribution in [3.63, 3.8) is 0 Å². The zero-order chi connectivity index (χ0) is 14.6. The highest BCUT2D eigenvalue weighted by atomic mass is 19.3. The number of hydrogen-bond donors (Lipinski definition) is 1. The summed E-state index contributed by atoms with van der Waals surface area (Å²) in [7, 11) is 0. The minimum absolute atomic E-state index is 0.0738. The van der Waals surface area contributed by atoms with Crippen LogP contribution in [0.25, 0.3) is 0 Å². The van der Waals surface area contributed by atoms with Crippen LogP contribution < -0.4 is 0 Å². The molecule has 4 nitrogen and oxygen atoms in total. The van der Waals surface area contributed by atoms with Crippen LogP contribution in [0.3, 0.4) is 0 Å². The number of aliphatic hydroxyl groups excluding tert-OH is 1. The van der Waals surface area contributed by atoms with Crippen molar-refractivity contribution in [2.75, 3.05) is 13.1 Å². The van der Waals surface area contributed by atoms with Crippen molar-refractivity contribution in [1.29, 1.82) is 0 Å². The van der Waals surface area contributed by atoms with Gasteiger partial charge in [0.05, 0.1) is 0 Å². The topological polar surface area (TPSA) is 49.8 Å². The molecule has 1 aliphatic heterocycles. The molecule has 1 atom stereocenters. The van der Waals surface area contributed by atoms with E-state index in [1.165, 1.54) is 4.90 Å². The number of carbonyl (C=O) groups is 1. The number of halogens is 2. The van der Waals surface area contributed by atoms with Gasteiger partial charge in [-0.1, -0.05) is 30.3 Å². The van der Waals surface area contributed by atoms with Crippen molar-refractivity contribution >= 4 is 6.09 Å². The molecule has 1 unspecified atom stereocenters. The Bertz CT molecular complexity index is 453. The summed E-state index contributed by atoms with van der Waals surface area (Å²) in [5.74, 6) is -3.14. The molecule has 1 aliphatic rings. The molecule has 1 aromatic rings. The monoisotopic (exact) mass is 285 g/mol. The molecule has 1 amide bonds. The second-order valence-corrected chi connectivity index (χ2v) is 4.84. The average Bonchev–Trinajstić information content (AvgIpc) is 2.57. The van der Waals surface area contributed by atoms with E-state index in [0.717, 1.165) is 5.56 Å². The van der Waals surface area contributed by atoms with Gasteiger partial charge in [0.1, 0.15) is 12.7 Å². The van der Waals surface area contributed by atoms with Gasteiger partial charge in [-0.25, -0.2) is 13.6 Å². The maximum atomic E-state index is 13.3. The maximum Gasteiger partial charge on any atom is 0.410 e. The van der Waals surface area contributed by atoms with Crippen LogP contribution in [0, 0.1) is 0 Å². The van der Waals surface area contributed by atoms with E-state index in [0.29, 0.717) is 0 Å². The van der Waals surface area contributed by atoms with E-state index < -0.39 is 24.5 Å². The van der Waals surface area contributed by atoms with E-state index in [4.69, 9.17) is 4.74 Å². The average molecular weight is 285 g/mol. The van der Waals surface area contributed by atoms with Crippen molar-refractivity contribution in [2.45, 2.75) is 31.5 Å². The molecule has 0 bridgehead atoms. The van der Waals surface area contributed by atoms with E-state index in [9.17, 15) is 18.7 Å². The Balaban J connectivity index is 1.87. The minimum Gasteiger partial charge on any atom is -0.445 e. The van der Waals surface area contributed by atoms with Gasteiger partial charge >= 0.3 is 6.09 Å². The number of rotatable bonds is 2. The van der Waals surface area contributed by atoms with Crippen LogP contribution in [-0.4, -0.2) is 41.2 Å². The predicted octanol–water partition coefficient (Wildman–Crippen LogP) is 2.42. The third-order valence-corrected chi connectivity index (χ3v) is 3.34. The fourth-order valence-corrected chi connectivity index (χ4v) is 2.04. The molecule has 110 valence electrons. The normalized spacial score (nSPS) is 22.1. The smallest absolute Gasteiger partial charge is 0.410 e. The van der Waals surface area contributed by atoms with Crippen molar-refractivity contribution < 1.29 is 23.4 Å². The first-order chi connectivity index (χ1) is 9.49. The van der Waals surface area contributed by atoms with Gasteiger partial charge < -0.3 is 14.7 Å². The molecule has 0 radical (unpaired) electrons. The maximum absolute atomic E-state index is 13.3. The Labute approximate surface area is 116 Å². The van der Waals surface area contributed by atoms with Crippen LogP contribution in [0.4, 0.5) is 13.6 Å². The summed E-state index contributed by atoms with van der Waals surface area (Å²) in [4.78, 5) is 13.0. The van der Waals surface area contributed by atoms with Crippen LogP contribution in [0.15, 0.2) is 30.3 Å². The minimum atomic E-state index is -3.14. The molecule has 0 aliphatic carbocycles. The molecule has 1 N–H and O–H groups in total. The van der Waals surface area contributed by atoms with Gasteiger partial charge in [-0.3, -0.25) is 0 Å². The number of likely N-dealkylation sites (tertiary alicyclic amines) is 1. The number of benzene rings is 1. The van der Waals surface area contributed by atoms with Gasteiger partial charge in [0.25, 0.3) is 5.92 Å². The van der Waals surface area contributed by atoms with Crippen LogP contribution in [0.2, 0.25) is 0 Å². The molecular formula is C14H17F2NO3. The first kappa shape index (κ1) is 14.7. The lowest BCUT2D eigenvalue weighted by Gasteiger charge is -2.19. The number of alkyl halides is 2. The molecule has 1 fully saturated rings. The standard InChI is InChI=1S/C14H17F2NO3/c15-14(16)7-9-17(8-6-12(14)18)13(19)20-10-11-4-2-1-3-5-11/h1-5,12,18H,6-10H2. The Morgan fingerprint density at radius 2 is 2.05 bits per heavy atom. The number of carbonyl (C=O) groups excluding carboxylic acids is 1. The van der Waals surface area contributed by atoms with E-state index in [1.54, 1.807) is 0 Å². The third kappa shape index (κ3) is 3.66. The lowest BCUT2D eigenvalue weighted by atomic mass is 10.1. The van der Waals surface area contributed by atoms with Crippen LogP contribution in [0.5, 0.6) is 0 Å². The highest BCUT2D eigenvalue weighted by Gasteiger charge is 2.41. The molecule has 20 heavy (non-hydrogen) atoms. The molecule has 0 spiro atoms. The summed E-state index contributed by atoms with van der Waals surface area (Å²) >= 11 is 0. The highest BCUT2D eigenvalue weighted by molar-refractivity contribution is 5.67. The van der Waals surface area contributed by atoms with E-state index in [-0.39, 0.29) is 26.1 Å². The first-order valence-electron chi connectivity index (χ1n) is 6.50. The van der Waals surface area contributed by atoms with E-state index in [1.807, 2.05) is 30.3 Å². The summed E-state index contributed by atoms with van der Waals surface area (Å²) in [6.45, 7) is 0.0666. The lowest BCUT2D eigenvalue weighted by Crippen LogP contribution is -2.33. The number of nitrogens with zero attached hydrogens (tertiary/aromatic N) is 1.